The van der Waals surface area contributed by atoms with Crippen molar-refractivity contribution in [3.8, 4) is 0 Å². The predicted molar refractivity (Wildman–Crippen MR) is 243 cm³/mol. The Morgan fingerprint density at radius 3 is 1.92 bits per heavy atom. The molecule has 1 fully saturated rings. The Balaban J connectivity index is 2.52. The van der Waals surface area contributed by atoms with Gasteiger partial charge in [0.05, 0.1) is 32.0 Å². The van der Waals surface area contributed by atoms with Crippen molar-refractivity contribution in [2.45, 2.75) is 160 Å². The predicted octanol–water partition coefficient (Wildman–Crippen LogP) is 8.81. The number of carbonyl (C=O) groups excluding carboxylic acids is 3. The largest absolute Gasteiger partial charge is 0.472 e. The average Bonchev–Trinajstić information content (AvgIpc) is 3.52. The molecule has 7 atom stereocenters. The zero-order valence-electron chi connectivity index (χ0n) is 37.3. The highest BCUT2D eigenvalue weighted by Crippen LogP contribution is 2.43. The zero-order chi connectivity index (χ0) is 45.7. The first-order chi connectivity index (χ1) is 29.9. The van der Waals surface area contributed by atoms with Gasteiger partial charge in [-0.1, -0.05) is 131 Å². The maximum absolute atomic E-state index is 12.6. The van der Waals surface area contributed by atoms with Crippen LogP contribution in [0.4, 0.5) is 0 Å². The molecule has 0 spiro atoms. The first-order valence-corrected chi connectivity index (χ1v) is 24.1. The van der Waals surface area contributed by atoms with Gasteiger partial charge in [-0.2, -0.15) is 0 Å². The Kier molecular flexibility index (Phi) is 34.0. The summed E-state index contributed by atoms with van der Waals surface area (Å²) in [6.07, 6.45) is 37.8. The third kappa shape index (κ3) is 30.7. The van der Waals surface area contributed by atoms with Gasteiger partial charge >= 0.3 is 19.8 Å². The quantitative estimate of drug-likeness (QED) is 0.0171. The van der Waals surface area contributed by atoms with Gasteiger partial charge < -0.3 is 34.8 Å². The molecule has 0 saturated heterocycles. The van der Waals surface area contributed by atoms with Crippen molar-refractivity contribution in [1.29, 1.82) is 0 Å². The molecule has 1 rings (SSSR count). The fourth-order valence-electron chi connectivity index (χ4n) is 6.31. The maximum Gasteiger partial charge on any atom is 0.472 e. The number of esters is 2. The molecule has 1 unspecified atom stereocenters. The van der Waals surface area contributed by atoms with Crippen molar-refractivity contribution < 1.29 is 62.8 Å². The zero-order valence-corrected chi connectivity index (χ0v) is 38.2. The van der Waals surface area contributed by atoms with Crippen molar-refractivity contribution in [3.05, 3.63) is 85.1 Å². The number of aliphatic hydroxyl groups excluding tert-OH is 4. The van der Waals surface area contributed by atoms with Crippen LogP contribution < -0.4 is 0 Å². The van der Waals surface area contributed by atoms with Gasteiger partial charge in [0.25, 0.3) is 0 Å². The molecule has 0 aromatic heterocycles. The topological polar surface area (TPSA) is 206 Å². The Bertz CT molecular complexity index is 1470. The van der Waals surface area contributed by atoms with Crippen LogP contribution >= 0.6 is 7.82 Å². The van der Waals surface area contributed by atoms with Gasteiger partial charge in [-0.25, -0.2) is 4.57 Å². The fourth-order valence-corrected chi connectivity index (χ4v) is 7.10. The van der Waals surface area contributed by atoms with E-state index < -0.39 is 76.5 Å². The van der Waals surface area contributed by atoms with Gasteiger partial charge in [-0.3, -0.25) is 23.4 Å². The van der Waals surface area contributed by atoms with E-state index in [4.69, 9.17) is 19.1 Å². The minimum absolute atomic E-state index is 0.00132. The summed E-state index contributed by atoms with van der Waals surface area (Å²) >= 11 is 0. The van der Waals surface area contributed by atoms with Crippen molar-refractivity contribution >= 4 is 25.5 Å². The molecular weight excluding hydrogens is 815 g/mol. The number of hydrogen-bond donors (Lipinski definition) is 5. The molecule has 0 aliphatic heterocycles. The highest BCUT2D eigenvalue weighted by Gasteiger charge is 2.39. The number of Topliss-reactive ketones (excluding diaryl/α,β-unsaturated/α-hetero) is 1. The van der Waals surface area contributed by atoms with Crippen molar-refractivity contribution in [2.24, 2.45) is 11.8 Å². The molecule has 352 valence electrons. The molecule has 0 amide bonds. The van der Waals surface area contributed by atoms with E-state index in [-0.39, 0.29) is 31.0 Å². The Labute approximate surface area is 371 Å². The maximum atomic E-state index is 12.6. The van der Waals surface area contributed by atoms with E-state index in [0.29, 0.717) is 38.5 Å². The minimum Gasteiger partial charge on any atom is -0.462 e. The molecule has 0 radical (unpaired) electrons. The van der Waals surface area contributed by atoms with Crippen LogP contribution in [0, 0.1) is 11.8 Å². The van der Waals surface area contributed by atoms with E-state index in [2.05, 4.69) is 60.9 Å². The molecule has 1 saturated carbocycles. The second-order valence-electron chi connectivity index (χ2n) is 15.5. The van der Waals surface area contributed by atoms with Crippen LogP contribution in [0.15, 0.2) is 85.1 Å². The van der Waals surface area contributed by atoms with Gasteiger partial charge in [-0.15, -0.1) is 0 Å². The molecule has 5 N–H and O–H groups in total. The molecule has 14 heteroatoms. The number of ketones is 1. The summed E-state index contributed by atoms with van der Waals surface area (Å²) in [6, 6.07) is 0. The third-order valence-electron chi connectivity index (χ3n) is 9.90. The highest BCUT2D eigenvalue weighted by atomic mass is 31.2. The Morgan fingerprint density at radius 1 is 0.726 bits per heavy atom. The number of phosphoric ester groups is 1. The van der Waals surface area contributed by atoms with Crippen LogP contribution in [0.25, 0.3) is 0 Å². The van der Waals surface area contributed by atoms with Crippen LogP contribution in [0.5, 0.6) is 0 Å². The lowest BCUT2D eigenvalue weighted by molar-refractivity contribution is -0.161. The van der Waals surface area contributed by atoms with E-state index in [0.717, 1.165) is 44.9 Å². The van der Waals surface area contributed by atoms with Gasteiger partial charge in [0, 0.05) is 31.1 Å². The second-order valence-corrected chi connectivity index (χ2v) is 16.9. The Hall–Kier alpha value is -3.26. The first-order valence-electron chi connectivity index (χ1n) is 22.6. The lowest BCUT2D eigenvalue weighted by Crippen LogP contribution is -2.29. The van der Waals surface area contributed by atoms with Crippen molar-refractivity contribution in [2.75, 3.05) is 26.4 Å². The van der Waals surface area contributed by atoms with Crippen LogP contribution in [0.3, 0.4) is 0 Å². The molecule has 1 aliphatic rings. The summed E-state index contributed by atoms with van der Waals surface area (Å²) in [5.41, 5.74) is 0. The molecule has 1 aliphatic carbocycles. The normalized spacial score (nSPS) is 19.9. The van der Waals surface area contributed by atoms with E-state index in [1.54, 1.807) is 12.2 Å². The summed E-state index contributed by atoms with van der Waals surface area (Å²) in [5.74, 6) is -2.02. The summed E-state index contributed by atoms with van der Waals surface area (Å²) < 4.78 is 32.6. The first kappa shape index (κ1) is 56.8. The van der Waals surface area contributed by atoms with E-state index >= 15 is 0 Å². The third-order valence-corrected chi connectivity index (χ3v) is 10.9. The standard InChI is InChI=1S/C48H77O13P/c1-3-5-7-8-9-10-11-12-13-14-15-16-17-18-19-20-21-22-28-32-48(55)61-42(39-60-62(56,57)59-37-41(51)36-49)38-58-47(54)31-27-24-23-26-30-43-44(46(53)35-45(43)52)34-33-40(50)29-25-6-4-2/h9-10,12-13,15-16,18-19,21-23,26,33-34,40-44,46,49-51,53H,3-8,11,14,17,20,24-25,27-32,35-39H2,1-2H3,(H,56,57)/b10-9-,13-12-,16-15-,19-18-,22-21-,26-23-,34-33+/t40-,41-,42+,43+,44+,46+/m0/s1. The van der Waals surface area contributed by atoms with Crippen molar-refractivity contribution in [1.82, 2.24) is 0 Å². The number of carbonyl (C=O) groups is 3. The lowest BCUT2D eigenvalue weighted by atomic mass is 9.90. The highest BCUT2D eigenvalue weighted by molar-refractivity contribution is 7.47. The van der Waals surface area contributed by atoms with E-state index in [9.17, 15) is 39.2 Å². The summed E-state index contributed by atoms with van der Waals surface area (Å²) in [4.78, 5) is 47.7. The second kappa shape index (κ2) is 37.1. The molecule has 0 aromatic rings. The number of unbranched alkanes of at least 4 members (excludes halogenated alkanes) is 6. The van der Waals surface area contributed by atoms with Crippen LogP contribution in [-0.2, 0) is 37.5 Å². The van der Waals surface area contributed by atoms with Crippen LogP contribution in [-0.4, -0.2) is 93.9 Å². The Morgan fingerprint density at radius 2 is 1.29 bits per heavy atom. The SMILES string of the molecule is CCCCC/C=C\C/C=C\C/C=C\C/C=C\C/C=C\CCC(=O)O[C@H](COC(=O)CCC/C=C\C[C@H]1C(=O)C[C@@H](O)[C@@H]1/C=C/[C@@H](O)CCCCC)COP(=O)(O)OC[C@@H](O)CO. The fraction of sp³-hybridized carbons (Fsp3) is 0.646. The summed E-state index contributed by atoms with van der Waals surface area (Å²) in [7, 11) is -4.71. The number of rotatable bonds is 37. The minimum atomic E-state index is -4.71. The molecular formula is C48H77O13P. The summed E-state index contributed by atoms with van der Waals surface area (Å²) in [6.45, 7) is 1.84. The molecule has 0 heterocycles. The molecule has 62 heavy (non-hydrogen) atoms. The summed E-state index contributed by atoms with van der Waals surface area (Å²) in [5, 5.41) is 39.0. The smallest absolute Gasteiger partial charge is 0.462 e. The average molecular weight is 893 g/mol. The number of allylic oxidation sites excluding steroid dienone is 12. The van der Waals surface area contributed by atoms with E-state index in [1.807, 2.05) is 30.4 Å². The number of hydrogen-bond acceptors (Lipinski definition) is 12. The number of aliphatic hydroxyl groups is 4. The van der Waals surface area contributed by atoms with Gasteiger partial charge in [0.1, 0.15) is 18.5 Å². The van der Waals surface area contributed by atoms with Gasteiger partial charge in [0.2, 0.25) is 0 Å². The number of ether oxygens (including phenoxy) is 2. The molecule has 13 nitrogen and oxygen atoms in total. The molecule has 0 bridgehead atoms. The van der Waals surface area contributed by atoms with Crippen molar-refractivity contribution in [3.63, 3.8) is 0 Å². The van der Waals surface area contributed by atoms with E-state index in [1.165, 1.54) is 19.3 Å². The van der Waals surface area contributed by atoms with Gasteiger partial charge in [-0.05, 0) is 70.6 Å². The monoisotopic (exact) mass is 893 g/mol. The number of phosphoric acid groups is 1. The lowest BCUT2D eigenvalue weighted by Gasteiger charge is -2.20. The van der Waals surface area contributed by atoms with Gasteiger partial charge in [0.15, 0.2) is 6.10 Å². The molecule has 0 aromatic carbocycles. The van der Waals surface area contributed by atoms with Crippen LogP contribution in [0.2, 0.25) is 0 Å². The van der Waals surface area contributed by atoms with Crippen LogP contribution in [0.1, 0.15) is 136 Å².